The first-order valence-electron chi connectivity index (χ1n) is 8.27. The lowest BCUT2D eigenvalue weighted by molar-refractivity contribution is 0.0949. The highest BCUT2D eigenvalue weighted by atomic mass is 16.7. The van der Waals surface area contributed by atoms with E-state index < -0.39 is 0 Å². The van der Waals surface area contributed by atoms with Crippen molar-refractivity contribution in [1.82, 2.24) is 10.6 Å². The third-order valence-electron chi connectivity index (χ3n) is 4.60. The molecule has 0 aliphatic carbocycles. The van der Waals surface area contributed by atoms with Crippen LogP contribution in [-0.4, -0.2) is 25.8 Å². The van der Waals surface area contributed by atoms with Gasteiger partial charge in [-0.15, -0.1) is 0 Å². The Morgan fingerprint density at radius 1 is 1.17 bits per heavy atom. The third-order valence-corrected chi connectivity index (χ3v) is 4.60. The molecule has 0 spiro atoms. The summed E-state index contributed by atoms with van der Waals surface area (Å²) in [6.07, 6.45) is 1.08. The van der Waals surface area contributed by atoms with Crippen LogP contribution >= 0.6 is 0 Å². The lowest BCUT2D eigenvalue weighted by Gasteiger charge is -2.14. The van der Waals surface area contributed by atoms with Crippen LogP contribution in [0.4, 0.5) is 0 Å². The Morgan fingerprint density at radius 2 is 2.04 bits per heavy atom. The van der Waals surface area contributed by atoms with Crippen molar-refractivity contribution in [3.05, 3.63) is 59.2 Å². The molecule has 124 valence electrons. The average molecular weight is 324 g/mol. The van der Waals surface area contributed by atoms with E-state index in [1.165, 1.54) is 0 Å². The molecule has 2 aromatic rings. The maximum absolute atomic E-state index is 12.6. The minimum absolute atomic E-state index is 0.0323. The molecule has 2 heterocycles. The highest BCUT2D eigenvalue weighted by Gasteiger charge is 2.22. The Labute approximate surface area is 141 Å². The fourth-order valence-electron chi connectivity index (χ4n) is 3.31. The van der Waals surface area contributed by atoms with Crippen LogP contribution in [0.25, 0.3) is 0 Å². The molecule has 24 heavy (non-hydrogen) atoms. The van der Waals surface area contributed by atoms with Gasteiger partial charge < -0.3 is 20.1 Å². The SMILES string of the molecule is O=C(NCc1ccc2c(c1)OCO2)c1ccccc1[C@H]1CCNC1. The van der Waals surface area contributed by atoms with E-state index in [1.807, 2.05) is 36.4 Å². The van der Waals surface area contributed by atoms with E-state index in [1.54, 1.807) is 0 Å². The van der Waals surface area contributed by atoms with Crippen molar-refractivity contribution in [2.24, 2.45) is 0 Å². The van der Waals surface area contributed by atoms with E-state index in [4.69, 9.17) is 9.47 Å². The predicted molar refractivity (Wildman–Crippen MR) is 90.4 cm³/mol. The zero-order valence-corrected chi connectivity index (χ0v) is 13.4. The molecule has 1 amide bonds. The highest BCUT2D eigenvalue weighted by Crippen LogP contribution is 2.32. The van der Waals surface area contributed by atoms with Crippen molar-refractivity contribution in [3.8, 4) is 11.5 Å². The summed E-state index contributed by atoms with van der Waals surface area (Å²) in [7, 11) is 0. The second-order valence-corrected chi connectivity index (χ2v) is 6.15. The maximum Gasteiger partial charge on any atom is 0.251 e. The van der Waals surface area contributed by atoms with Crippen molar-refractivity contribution in [1.29, 1.82) is 0 Å². The molecule has 5 nitrogen and oxygen atoms in total. The molecule has 2 N–H and O–H groups in total. The summed E-state index contributed by atoms with van der Waals surface area (Å²) in [5.74, 6) is 1.87. The second kappa shape index (κ2) is 6.53. The first kappa shape index (κ1) is 15.0. The van der Waals surface area contributed by atoms with Crippen molar-refractivity contribution < 1.29 is 14.3 Å². The molecule has 4 rings (SSSR count). The highest BCUT2D eigenvalue weighted by molar-refractivity contribution is 5.95. The van der Waals surface area contributed by atoms with Crippen LogP contribution in [0.5, 0.6) is 11.5 Å². The Balaban J connectivity index is 1.47. The van der Waals surface area contributed by atoms with Crippen LogP contribution < -0.4 is 20.1 Å². The molecule has 2 aliphatic heterocycles. The quantitative estimate of drug-likeness (QED) is 0.907. The van der Waals surface area contributed by atoms with Crippen molar-refractivity contribution in [2.75, 3.05) is 19.9 Å². The maximum atomic E-state index is 12.6. The number of ether oxygens (including phenoxy) is 2. The molecule has 0 bridgehead atoms. The van der Waals surface area contributed by atoms with E-state index in [0.29, 0.717) is 12.5 Å². The Morgan fingerprint density at radius 3 is 2.92 bits per heavy atom. The van der Waals surface area contributed by atoms with Gasteiger partial charge in [-0.2, -0.15) is 0 Å². The third kappa shape index (κ3) is 2.95. The van der Waals surface area contributed by atoms with E-state index in [-0.39, 0.29) is 12.7 Å². The smallest absolute Gasteiger partial charge is 0.251 e. The standard InChI is InChI=1S/C19H20N2O3/c22-19(16-4-2-1-3-15(16)14-7-8-20-11-14)21-10-13-5-6-17-18(9-13)24-12-23-17/h1-6,9,14,20H,7-8,10-12H2,(H,21,22)/t14-/m0/s1. The monoisotopic (exact) mass is 324 g/mol. The van der Waals surface area contributed by atoms with Gasteiger partial charge in [0.05, 0.1) is 0 Å². The van der Waals surface area contributed by atoms with E-state index in [9.17, 15) is 4.79 Å². The Bertz CT molecular complexity index is 754. The van der Waals surface area contributed by atoms with E-state index in [2.05, 4.69) is 16.7 Å². The molecule has 0 radical (unpaired) electrons. The largest absolute Gasteiger partial charge is 0.454 e. The molecule has 1 saturated heterocycles. The van der Waals surface area contributed by atoms with Gasteiger partial charge in [0.2, 0.25) is 6.79 Å². The van der Waals surface area contributed by atoms with Crippen LogP contribution in [0.15, 0.2) is 42.5 Å². The molecular weight excluding hydrogens is 304 g/mol. The Hall–Kier alpha value is -2.53. The minimum Gasteiger partial charge on any atom is -0.454 e. The summed E-state index contributed by atoms with van der Waals surface area (Å²) in [4.78, 5) is 12.6. The minimum atomic E-state index is -0.0323. The molecular formula is C19H20N2O3. The topological polar surface area (TPSA) is 59.6 Å². The van der Waals surface area contributed by atoms with Gasteiger partial charge in [0.15, 0.2) is 11.5 Å². The van der Waals surface area contributed by atoms with Crippen LogP contribution in [0, 0.1) is 0 Å². The molecule has 0 aromatic heterocycles. The molecule has 2 aliphatic rings. The predicted octanol–water partition coefficient (Wildman–Crippen LogP) is 2.42. The summed E-state index contributed by atoms with van der Waals surface area (Å²) >= 11 is 0. The summed E-state index contributed by atoms with van der Waals surface area (Å²) < 4.78 is 10.7. The van der Waals surface area contributed by atoms with Crippen molar-refractivity contribution in [2.45, 2.75) is 18.9 Å². The van der Waals surface area contributed by atoms with Crippen LogP contribution in [0.1, 0.15) is 33.8 Å². The summed E-state index contributed by atoms with van der Waals surface area (Å²) in [5.41, 5.74) is 2.89. The van der Waals surface area contributed by atoms with Gasteiger partial charge in [0.1, 0.15) is 0 Å². The van der Waals surface area contributed by atoms with Gasteiger partial charge >= 0.3 is 0 Å². The number of nitrogens with one attached hydrogen (secondary N) is 2. The number of benzene rings is 2. The number of rotatable bonds is 4. The molecule has 0 saturated carbocycles. The molecule has 1 fully saturated rings. The summed E-state index contributed by atoms with van der Waals surface area (Å²) in [6, 6.07) is 13.6. The molecule has 0 unspecified atom stereocenters. The summed E-state index contributed by atoms with van der Waals surface area (Å²) in [6.45, 7) is 2.67. The molecule has 5 heteroatoms. The van der Waals surface area contributed by atoms with Crippen LogP contribution in [0.2, 0.25) is 0 Å². The second-order valence-electron chi connectivity index (χ2n) is 6.15. The fraction of sp³-hybridized carbons (Fsp3) is 0.316. The first-order valence-corrected chi connectivity index (χ1v) is 8.27. The number of hydrogen-bond donors (Lipinski definition) is 2. The van der Waals surface area contributed by atoms with Gasteiger partial charge in [0, 0.05) is 18.7 Å². The van der Waals surface area contributed by atoms with Gasteiger partial charge in [-0.3, -0.25) is 4.79 Å². The Kier molecular flexibility index (Phi) is 4.09. The van der Waals surface area contributed by atoms with Gasteiger partial charge in [-0.25, -0.2) is 0 Å². The van der Waals surface area contributed by atoms with Crippen LogP contribution in [-0.2, 0) is 6.54 Å². The normalized spacial score (nSPS) is 18.6. The van der Waals surface area contributed by atoms with E-state index in [0.717, 1.165) is 47.7 Å². The van der Waals surface area contributed by atoms with Gasteiger partial charge in [0.25, 0.3) is 5.91 Å². The van der Waals surface area contributed by atoms with Crippen LogP contribution in [0.3, 0.4) is 0 Å². The van der Waals surface area contributed by atoms with Crippen molar-refractivity contribution >= 4 is 5.91 Å². The fourth-order valence-corrected chi connectivity index (χ4v) is 3.31. The molecule has 2 aromatic carbocycles. The lowest BCUT2D eigenvalue weighted by Crippen LogP contribution is -2.24. The summed E-state index contributed by atoms with van der Waals surface area (Å²) in [5, 5.41) is 6.38. The average Bonchev–Trinajstić information content (AvgIpc) is 3.30. The first-order chi connectivity index (χ1) is 11.8. The number of hydrogen-bond acceptors (Lipinski definition) is 4. The van der Waals surface area contributed by atoms with E-state index >= 15 is 0 Å². The van der Waals surface area contributed by atoms with Gasteiger partial charge in [-0.05, 0) is 48.2 Å². The number of carbonyl (C=O) groups is 1. The lowest BCUT2D eigenvalue weighted by atomic mass is 9.93. The zero-order chi connectivity index (χ0) is 16.4. The zero-order valence-electron chi connectivity index (χ0n) is 13.4. The molecule has 1 atom stereocenters. The number of amides is 1. The van der Waals surface area contributed by atoms with Crippen molar-refractivity contribution in [3.63, 3.8) is 0 Å². The number of carbonyl (C=O) groups excluding carboxylic acids is 1. The van der Waals surface area contributed by atoms with Gasteiger partial charge in [-0.1, -0.05) is 24.3 Å². The number of fused-ring (bicyclic) bond motifs is 1.